The first-order valence-corrected chi connectivity index (χ1v) is 6.36. The van der Waals surface area contributed by atoms with Gasteiger partial charge < -0.3 is 19.9 Å². The predicted octanol–water partition coefficient (Wildman–Crippen LogP) is 1.89. The molecule has 2 rings (SSSR count). The van der Waals surface area contributed by atoms with E-state index in [9.17, 15) is 9.18 Å². The average molecular weight is 283 g/mol. The van der Waals surface area contributed by atoms with Gasteiger partial charge in [-0.05, 0) is 25.0 Å². The van der Waals surface area contributed by atoms with Crippen LogP contribution in [0.3, 0.4) is 0 Å². The monoisotopic (exact) mass is 283 g/mol. The number of benzene rings is 1. The number of ether oxygens (including phenoxy) is 2. The van der Waals surface area contributed by atoms with Crippen LogP contribution in [-0.2, 0) is 4.79 Å². The van der Waals surface area contributed by atoms with Gasteiger partial charge in [0.15, 0.2) is 17.3 Å². The molecule has 2 N–H and O–H groups in total. The molecule has 0 bridgehead atoms. The van der Waals surface area contributed by atoms with Crippen LogP contribution in [0.25, 0.3) is 0 Å². The summed E-state index contributed by atoms with van der Waals surface area (Å²) in [7, 11) is 2.84. The number of nitrogens with one attached hydrogen (secondary N) is 1. The van der Waals surface area contributed by atoms with Crippen molar-refractivity contribution in [3.63, 3.8) is 0 Å². The summed E-state index contributed by atoms with van der Waals surface area (Å²) in [4.78, 5) is 11.0. The number of rotatable bonds is 4. The molecule has 5 nitrogen and oxygen atoms in total. The van der Waals surface area contributed by atoms with Gasteiger partial charge in [0.05, 0.1) is 20.1 Å². The van der Waals surface area contributed by atoms with Crippen LogP contribution in [0, 0.1) is 18.7 Å². The maximum absolute atomic E-state index is 14.5. The van der Waals surface area contributed by atoms with Gasteiger partial charge in [0.25, 0.3) is 0 Å². The number of methoxy groups -OCH3 is 2. The molecule has 1 aromatic carbocycles. The molecule has 0 amide bonds. The largest absolute Gasteiger partial charge is 0.492 e. The number of carboxylic acids is 1. The Morgan fingerprint density at radius 2 is 2.05 bits per heavy atom. The Morgan fingerprint density at radius 1 is 1.40 bits per heavy atom. The summed E-state index contributed by atoms with van der Waals surface area (Å²) in [5, 5.41) is 12.1. The first-order chi connectivity index (χ1) is 9.49. The van der Waals surface area contributed by atoms with E-state index in [4.69, 9.17) is 14.6 Å². The second-order valence-corrected chi connectivity index (χ2v) is 4.89. The summed E-state index contributed by atoms with van der Waals surface area (Å²) in [6.45, 7) is 2.14. The van der Waals surface area contributed by atoms with Crippen molar-refractivity contribution in [3.05, 3.63) is 23.0 Å². The molecule has 2 atom stereocenters. The van der Waals surface area contributed by atoms with Crippen LogP contribution in [0.15, 0.2) is 6.07 Å². The molecule has 1 fully saturated rings. The summed E-state index contributed by atoms with van der Waals surface area (Å²) < 4.78 is 24.7. The van der Waals surface area contributed by atoms with Gasteiger partial charge >= 0.3 is 5.97 Å². The summed E-state index contributed by atoms with van der Waals surface area (Å²) >= 11 is 0. The van der Waals surface area contributed by atoms with Crippen LogP contribution in [0.5, 0.6) is 11.5 Å². The summed E-state index contributed by atoms with van der Waals surface area (Å²) in [6.07, 6.45) is 0.362. The molecule has 0 spiro atoms. The van der Waals surface area contributed by atoms with Crippen molar-refractivity contribution < 1.29 is 23.8 Å². The average Bonchev–Trinajstić information content (AvgIpc) is 2.90. The fraction of sp³-hybridized carbons (Fsp3) is 0.500. The van der Waals surface area contributed by atoms with Gasteiger partial charge in [-0.25, -0.2) is 4.39 Å². The van der Waals surface area contributed by atoms with Crippen LogP contribution >= 0.6 is 0 Å². The molecule has 0 saturated carbocycles. The zero-order chi connectivity index (χ0) is 14.9. The Labute approximate surface area is 116 Å². The Kier molecular flexibility index (Phi) is 4.13. The topological polar surface area (TPSA) is 67.8 Å². The van der Waals surface area contributed by atoms with E-state index in [1.54, 1.807) is 13.0 Å². The number of hydrogen-bond acceptors (Lipinski definition) is 4. The molecule has 1 aliphatic rings. The number of aliphatic carboxylic acids is 1. The van der Waals surface area contributed by atoms with Gasteiger partial charge in [0.1, 0.15) is 0 Å². The van der Waals surface area contributed by atoms with Crippen molar-refractivity contribution in [1.82, 2.24) is 5.32 Å². The van der Waals surface area contributed by atoms with E-state index < -0.39 is 17.7 Å². The van der Waals surface area contributed by atoms with Crippen molar-refractivity contribution in [2.75, 3.05) is 20.8 Å². The second kappa shape index (κ2) is 5.66. The number of carboxylic acid groups (broad SMARTS) is 1. The van der Waals surface area contributed by atoms with E-state index in [1.807, 2.05) is 0 Å². The lowest BCUT2D eigenvalue weighted by atomic mass is 9.97. The van der Waals surface area contributed by atoms with Gasteiger partial charge in [-0.2, -0.15) is 0 Å². The van der Waals surface area contributed by atoms with Gasteiger partial charge in [-0.1, -0.05) is 0 Å². The van der Waals surface area contributed by atoms with Crippen molar-refractivity contribution in [2.45, 2.75) is 19.4 Å². The lowest BCUT2D eigenvalue weighted by molar-refractivity contribution is -0.141. The van der Waals surface area contributed by atoms with Crippen LogP contribution in [0.2, 0.25) is 0 Å². The highest BCUT2D eigenvalue weighted by Crippen LogP contribution is 2.40. The molecule has 1 heterocycles. The molecule has 1 saturated heterocycles. The lowest BCUT2D eigenvalue weighted by Crippen LogP contribution is -2.18. The van der Waals surface area contributed by atoms with Gasteiger partial charge in [0, 0.05) is 18.2 Å². The predicted molar refractivity (Wildman–Crippen MR) is 70.7 cm³/mol. The number of hydrogen-bond donors (Lipinski definition) is 2. The van der Waals surface area contributed by atoms with Crippen LogP contribution in [0.1, 0.15) is 23.6 Å². The first-order valence-electron chi connectivity index (χ1n) is 6.36. The summed E-state index contributed by atoms with van der Waals surface area (Å²) in [5.41, 5.74) is 1.17. The minimum Gasteiger partial charge on any atom is -0.492 e. The van der Waals surface area contributed by atoms with Crippen molar-refractivity contribution in [2.24, 2.45) is 5.92 Å². The summed E-state index contributed by atoms with van der Waals surface area (Å²) in [5.74, 6) is -1.44. The van der Waals surface area contributed by atoms with Gasteiger partial charge in [0.2, 0.25) is 0 Å². The zero-order valence-corrected chi connectivity index (χ0v) is 11.7. The van der Waals surface area contributed by atoms with Crippen molar-refractivity contribution in [3.8, 4) is 11.5 Å². The Morgan fingerprint density at radius 3 is 2.55 bits per heavy atom. The first kappa shape index (κ1) is 14.6. The van der Waals surface area contributed by atoms with E-state index >= 15 is 0 Å². The minimum absolute atomic E-state index is 0.0584. The molecule has 1 aromatic rings. The third kappa shape index (κ3) is 2.43. The molecule has 6 heteroatoms. The minimum atomic E-state index is -0.863. The molecular formula is C14H18FNO4. The highest BCUT2D eigenvalue weighted by molar-refractivity contribution is 5.71. The molecule has 0 aliphatic carbocycles. The fourth-order valence-corrected chi connectivity index (χ4v) is 2.62. The van der Waals surface area contributed by atoms with Crippen molar-refractivity contribution in [1.29, 1.82) is 0 Å². The Hall–Kier alpha value is -1.82. The molecule has 110 valence electrons. The molecule has 0 aromatic heterocycles. The van der Waals surface area contributed by atoms with Crippen LogP contribution in [-0.4, -0.2) is 31.8 Å². The number of carbonyl (C=O) groups is 1. The highest BCUT2D eigenvalue weighted by atomic mass is 19.1. The quantitative estimate of drug-likeness (QED) is 0.883. The second-order valence-electron chi connectivity index (χ2n) is 4.89. The smallest absolute Gasteiger partial charge is 0.307 e. The molecule has 0 radical (unpaired) electrons. The molecule has 1 aliphatic heterocycles. The molecule has 2 unspecified atom stereocenters. The molecular weight excluding hydrogens is 265 g/mol. The Bertz CT molecular complexity index is 532. The maximum atomic E-state index is 14.5. The number of halogens is 1. The standard InChI is InChI=1S/C14H18FNO4/c1-7-4-9(10-5-8(6-16-10)14(17)18)11(15)13(20-3)12(7)19-2/h4,8,10,16H,5-6H2,1-3H3,(H,17,18). The third-order valence-corrected chi connectivity index (χ3v) is 3.65. The summed E-state index contributed by atoms with van der Waals surface area (Å²) in [6, 6.07) is 1.35. The van der Waals surface area contributed by atoms with Crippen LogP contribution < -0.4 is 14.8 Å². The molecule has 20 heavy (non-hydrogen) atoms. The zero-order valence-electron chi connectivity index (χ0n) is 11.7. The number of aryl methyl sites for hydroxylation is 1. The maximum Gasteiger partial charge on any atom is 0.307 e. The van der Waals surface area contributed by atoms with E-state index in [0.717, 1.165) is 5.56 Å². The van der Waals surface area contributed by atoms with Crippen LogP contribution in [0.4, 0.5) is 4.39 Å². The van der Waals surface area contributed by atoms with E-state index in [2.05, 4.69) is 5.32 Å². The normalized spacial score (nSPS) is 21.8. The van der Waals surface area contributed by atoms with Gasteiger partial charge in [-0.3, -0.25) is 4.79 Å². The SMILES string of the molecule is COc1c(C)cc(C2CC(C(=O)O)CN2)c(F)c1OC. The van der Waals surface area contributed by atoms with Gasteiger partial charge in [-0.15, -0.1) is 0 Å². The Balaban J connectivity index is 2.38. The fourth-order valence-electron chi connectivity index (χ4n) is 2.62. The lowest BCUT2D eigenvalue weighted by Gasteiger charge is -2.18. The van der Waals surface area contributed by atoms with Crippen molar-refractivity contribution >= 4 is 5.97 Å². The third-order valence-electron chi connectivity index (χ3n) is 3.65. The van der Waals surface area contributed by atoms with E-state index in [0.29, 0.717) is 24.3 Å². The highest BCUT2D eigenvalue weighted by Gasteiger charge is 2.33. The van der Waals surface area contributed by atoms with E-state index in [1.165, 1.54) is 14.2 Å². The van der Waals surface area contributed by atoms with E-state index in [-0.39, 0.29) is 11.8 Å².